The number of hydrogen-bond donors (Lipinski definition) is 9. The van der Waals surface area contributed by atoms with Gasteiger partial charge in [0.25, 0.3) is 0 Å². The van der Waals surface area contributed by atoms with Crippen LogP contribution in [-0.2, 0) is 23.7 Å². The molecule has 0 aromatic carbocycles. The normalized spacial score (nSPS) is 22.1. The van der Waals surface area contributed by atoms with Gasteiger partial charge in [0, 0.05) is 6.42 Å². The topological polar surface area (TPSA) is 228 Å². The predicted molar refractivity (Wildman–Crippen MR) is 406 cm³/mol. The highest BCUT2D eigenvalue weighted by Crippen LogP contribution is 2.30. The minimum Gasteiger partial charge on any atom is -0.394 e. The third-order valence-electron chi connectivity index (χ3n) is 20.8. The minimum atomic E-state index is -1.79. The maximum atomic E-state index is 13.4. The molecule has 0 aliphatic carbocycles. The fourth-order valence-electron chi connectivity index (χ4n) is 14.2. The van der Waals surface area contributed by atoms with Crippen molar-refractivity contribution in [2.24, 2.45) is 0 Å². The molecule has 2 rings (SSSR count). The first-order valence-corrected chi connectivity index (χ1v) is 42.2. The van der Waals surface area contributed by atoms with Crippen molar-refractivity contribution in [3.63, 3.8) is 0 Å². The molecule has 2 heterocycles. The van der Waals surface area contributed by atoms with E-state index in [4.69, 9.17) is 18.9 Å². The highest BCUT2D eigenvalue weighted by Gasteiger charge is 2.51. The van der Waals surface area contributed by atoms with E-state index in [-0.39, 0.29) is 18.9 Å². The number of carbonyl (C=O) groups is 1. The van der Waals surface area contributed by atoms with E-state index >= 15 is 0 Å². The lowest BCUT2D eigenvalue weighted by Gasteiger charge is -2.46. The van der Waals surface area contributed by atoms with Gasteiger partial charge in [-0.15, -0.1) is 0 Å². The Balaban J connectivity index is 1.57. The van der Waals surface area contributed by atoms with E-state index in [1.165, 1.54) is 321 Å². The lowest BCUT2D eigenvalue weighted by Crippen LogP contribution is -2.65. The molecule has 12 atom stereocenters. The van der Waals surface area contributed by atoms with Gasteiger partial charge in [0.2, 0.25) is 5.91 Å². The summed E-state index contributed by atoms with van der Waals surface area (Å²) >= 11 is 0. The maximum Gasteiger partial charge on any atom is 0.220 e. The summed E-state index contributed by atoms with van der Waals surface area (Å²) in [4.78, 5) is 13.4. The number of unbranched alkanes of at least 4 members (excludes halogenated alkanes) is 55. The summed E-state index contributed by atoms with van der Waals surface area (Å²) in [6.45, 7) is 2.84. The van der Waals surface area contributed by atoms with Crippen LogP contribution in [0.15, 0.2) is 36.5 Å². The van der Waals surface area contributed by atoms with E-state index in [1.54, 1.807) is 6.08 Å². The number of ether oxygens (including phenoxy) is 4. The SMILES string of the molecule is CCCCCCCCCCCCCCCC/C=C/CC/C=C/CC/C=C/C(O)C(COC1OC(CO)C(OC2OC(CO)C(O)C(O)C2O)C(O)C1O)NC(=O)CCCCCCCCCCCCCCCCCCCCCCCCCCCCCCCCCCCCCCCCCC. The van der Waals surface area contributed by atoms with Crippen molar-refractivity contribution in [3.8, 4) is 0 Å². The second-order valence-electron chi connectivity index (χ2n) is 30.0. The summed E-state index contributed by atoms with van der Waals surface area (Å²) < 4.78 is 22.9. The molecule has 9 N–H and O–H groups in total. The third kappa shape index (κ3) is 50.6. The summed E-state index contributed by atoms with van der Waals surface area (Å²) in [7, 11) is 0. The number of aliphatic hydroxyl groups excluding tert-OH is 8. The summed E-state index contributed by atoms with van der Waals surface area (Å²) in [5.41, 5.74) is 0. The van der Waals surface area contributed by atoms with Crippen molar-refractivity contribution in [2.75, 3.05) is 19.8 Å². The van der Waals surface area contributed by atoms with E-state index < -0.39 is 86.8 Å². The molecule has 98 heavy (non-hydrogen) atoms. The molecule has 0 aromatic rings. The number of allylic oxidation sites excluding steroid dienone is 5. The van der Waals surface area contributed by atoms with Crippen molar-refractivity contribution in [1.82, 2.24) is 5.32 Å². The number of hydrogen-bond acceptors (Lipinski definition) is 13. The summed E-state index contributed by atoms with van der Waals surface area (Å²) in [5, 5.41) is 87.6. The van der Waals surface area contributed by atoms with E-state index in [0.29, 0.717) is 12.8 Å². The monoisotopic (exact) mass is 1390 g/mol. The molecule has 578 valence electrons. The minimum absolute atomic E-state index is 0.245. The van der Waals surface area contributed by atoms with E-state index in [0.717, 1.165) is 44.9 Å². The Bertz CT molecular complexity index is 1780. The zero-order chi connectivity index (χ0) is 70.8. The van der Waals surface area contributed by atoms with Crippen LogP contribution < -0.4 is 5.32 Å². The van der Waals surface area contributed by atoms with Crippen molar-refractivity contribution in [3.05, 3.63) is 36.5 Å². The van der Waals surface area contributed by atoms with E-state index in [1.807, 2.05) is 6.08 Å². The molecule has 14 nitrogen and oxygen atoms in total. The van der Waals surface area contributed by atoms with Crippen LogP contribution in [-0.4, -0.2) is 140 Å². The van der Waals surface area contributed by atoms with E-state index in [9.17, 15) is 45.6 Å². The molecule has 12 unspecified atom stereocenters. The van der Waals surface area contributed by atoms with Crippen molar-refractivity contribution in [2.45, 2.75) is 473 Å². The van der Waals surface area contributed by atoms with Gasteiger partial charge in [-0.3, -0.25) is 4.79 Å². The molecule has 2 saturated heterocycles. The van der Waals surface area contributed by atoms with Crippen molar-refractivity contribution < 1.29 is 64.6 Å². The third-order valence-corrected chi connectivity index (χ3v) is 20.8. The van der Waals surface area contributed by atoms with Gasteiger partial charge in [0.15, 0.2) is 12.6 Å². The lowest BCUT2D eigenvalue weighted by atomic mass is 9.97. The fraction of sp³-hybridized carbons (Fsp3) is 0.917. The summed E-state index contributed by atoms with van der Waals surface area (Å²) in [5.74, 6) is -0.245. The van der Waals surface area contributed by atoms with Gasteiger partial charge >= 0.3 is 0 Å². The van der Waals surface area contributed by atoms with Crippen LogP contribution in [0.5, 0.6) is 0 Å². The molecule has 0 aromatic heterocycles. The highest BCUT2D eigenvalue weighted by molar-refractivity contribution is 5.76. The predicted octanol–water partition coefficient (Wildman–Crippen LogP) is 19.6. The first-order chi connectivity index (χ1) is 48.1. The molecule has 1 amide bonds. The molecule has 2 aliphatic rings. The number of rotatable bonds is 72. The first-order valence-electron chi connectivity index (χ1n) is 42.2. The van der Waals surface area contributed by atoms with Gasteiger partial charge in [-0.1, -0.05) is 384 Å². The van der Waals surface area contributed by atoms with Crippen LogP contribution in [0.25, 0.3) is 0 Å². The zero-order valence-electron chi connectivity index (χ0n) is 63.6. The number of aliphatic hydroxyl groups is 8. The van der Waals surface area contributed by atoms with Crippen LogP contribution in [0.3, 0.4) is 0 Å². The van der Waals surface area contributed by atoms with Crippen LogP contribution in [0, 0.1) is 0 Å². The first kappa shape index (κ1) is 92.3. The molecule has 14 heteroatoms. The summed E-state index contributed by atoms with van der Waals surface area (Å²) in [6, 6.07) is -0.938. The molecule has 0 bridgehead atoms. The van der Waals surface area contributed by atoms with Gasteiger partial charge in [0.1, 0.15) is 48.8 Å². The van der Waals surface area contributed by atoms with Gasteiger partial charge in [-0.2, -0.15) is 0 Å². The highest BCUT2D eigenvalue weighted by atomic mass is 16.7. The molecule has 2 fully saturated rings. The Morgan fingerprint density at radius 2 is 0.653 bits per heavy atom. The molecular formula is C84H159NO13. The van der Waals surface area contributed by atoms with Gasteiger partial charge < -0.3 is 65.1 Å². The maximum absolute atomic E-state index is 13.4. The molecule has 0 spiro atoms. The number of carbonyl (C=O) groups excluding carboxylic acids is 1. The van der Waals surface area contributed by atoms with Gasteiger partial charge in [0.05, 0.1) is 32.0 Å². The molecule has 2 aliphatic heterocycles. The number of amides is 1. The Hall–Kier alpha value is -1.79. The largest absolute Gasteiger partial charge is 0.394 e. The van der Waals surface area contributed by atoms with Crippen LogP contribution >= 0.6 is 0 Å². The number of nitrogens with one attached hydrogen (secondary N) is 1. The quantitative estimate of drug-likeness (QED) is 0.0204. The van der Waals surface area contributed by atoms with Crippen molar-refractivity contribution >= 4 is 5.91 Å². The smallest absolute Gasteiger partial charge is 0.220 e. The average Bonchev–Trinajstić information content (AvgIpc) is 0.793. The zero-order valence-corrected chi connectivity index (χ0v) is 63.6. The Morgan fingerprint density at radius 1 is 0.357 bits per heavy atom. The standard InChI is InChI=1S/C84H159NO13/c1-3-5-7-9-11-13-15-17-19-21-23-25-27-29-30-31-32-33-34-35-36-37-38-39-40-41-42-43-44-46-48-50-52-54-56-58-60-62-64-66-68-76(89)85-72(71-95-83-81(94)79(92)82(75(70-87)97-83)98-84-80(93)78(91)77(90)74(69-86)96-84)73(88)67-65-63-61-59-57-55-53-51-49-47-45-28-26-24-22-20-18-16-14-12-10-8-6-4-2/h49,51,57,59,65,67,72-75,77-84,86-88,90-94H,3-48,50,52-56,58,60-64,66,68-71H2,1-2H3,(H,85,89)/b51-49+,59-57+,67-65+. The van der Waals surface area contributed by atoms with Crippen LogP contribution in [0.2, 0.25) is 0 Å². The molecule has 0 saturated carbocycles. The second kappa shape index (κ2) is 68.3. The molecule has 0 radical (unpaired) electrons. The van der Waals surface area contributed by atoms with Gasteiger partial charge in [-0.05, 0) is 44.9 Å². The Labute approximate surface area is 601 Å². The van der Waals surface area contributed by atoms with Crippen LogP contribution in [0.1, 0.15) is 399 Å². The Morgan fingerprint density at radius 3 is 1.00 bits per heavy atom. The lowest BCUT2D eigenvalue weighted by molar-refractivity contribution is -0.359. The summed E-state index contributed by atoms with van der Waals surface area (Å²) in [6.07, 6.45) is 74.1. The average molecular weight is 1390 g/mol. The Kier molecular flexibility index (Phi) is 64.3. The molecular weight excluding hydrogens is 1230 g/mol. The van der Waals surface area contributed by atoms with Gasteiger partial charge in [-0.25, -0.2) is 0 Å². The second-order valence-corrected chi connectivity index (χ2v) is 30.0. The van der Waals surface area contributed by atoms with E-state index in [2.05, 4.69) is 43.5 Å². The van der Waals surface area contributed by atoms with Crippen LogP contribution in [0.4, 0.5) is 0 Å². The fourth-order valence-corrected chi connectivity index (χ4v) is 14.2. The van der Waals surface area contributed by atoms with Crippen molar-refractivity contribution in [1.29, 1.82) is 0 Å².